The minimum atomic E-state index is 0.373. The third-order valence-corrected chi connectivity index (χ3v) is 3.23. The Labute approximate surface area is 111 Å². The van der Waals surface area contributed by atoms with Crippen molar-refractivity contribution in [2.45, 2.75) is 46.6 Å². The summed E-state index contributed by atoms with van der Waals surface area (Å²) in [5.74, 6) is 1.58. The zero-order valence-corrected chi connectivity index (χ0v) is 12.1. The first kappa shape index (κ1) is 15.0. The quantitative estimate of drug-likeness (QED) is 0.766. The van der Waals surface area contributed by atoms with Crippen molar-refractivity contribution in [1.29, 1.82) is 0 Å². The van der Waals surface area contributed by atoms with E-state index in [0.717, 1.165) is 18.7 Å². The Bertz CT molecular complexity index is 341. The number of hydrogen-bond donors (Lipinski definition) is 1. The van der Waals surface area contributed by atoms with Gasteiger partial charge in [0.1, 0.15) is 5.75 Å². The SMILES string of the molecule is CCNC(CC(C)CC)c1cncc(OCC)c1. The lowest BCUT2D eigenvalue weighted by Crippen LogP contribution is -2.23. The van der Waals surface area contributed by atoms with E-state index >= 15 is 0 Å². The minimum Gasteiger partial charge on any atom is -0.492 e. The Balaban J connectivity index is 2.80. The van der Waals surface area contributed by atoms with Crippen LogP contribution in [0.1, 0.15) is 52.1 Å². The fourth-order valence-corrected chi connectivity index (χ4v) is 2.02. The molecule has 0 aliphatic carbocycles. The standard InChI is InChI=1S/C15H26N2O/c1-5-12(4)8-15(17-6-2)13-9-14(18-7-3)11-16-10-13/h9-12,15,17H,5-8H2,1-4H3. The van der Waals surface area contributed by atoms with Crippen LogP contribution in [0.15, 0.2) is 18.5 Å². The highest BCUT2D eigenvalue weighted by atomic mass is 16.5. The third-order valence-electron chi connectivity index (χ3n) is 3.23. The van der Waals surface area contributed by atoms with E-state index in [1.807, 2.05) is 13.1 Å². The summed E-state index contributed by atoms with van der Waals surface area (Å²) in [5, 5.41) is 3.54. The molecule has 18 heavy (non-hydrogen) atoms. The molecule has 0 spiro atoms. The molecule has 0 aliphatic heterocycles. The Morgan fingerprint density at radius 1 is 1.28 bits per heavy atom. The van der Waals surface area contributed by atoms with E-state index in [1.165, 1.54) is 12.0 Å². The molecular weight excluding hydrogens is 224 g/mol. The second-order valence-corrected chi connectivity index (χ2v) is 4.75. The first-order chi connectivity index (χ1) is 8.71. The van der Waals surface area contributed by atoms with E-state index < -0.39 is 0 Å². The Morgan fingerprint density at radius 2 is 2.06 bits per heavy atom. The summed E-state index contributed by atoms with van der Waals surface area (Å²) in [5.41, 5.74) is 1.23. The van der Waals surface area contributed by atoms with Gasteiger partial charge in [0.25, 0.3) is 0 Å². The zero-order chi connectivity index (χ0) is 13.4. The highest BCUT2D eigenvalue weighted by Gasteiger charge is 2.14. The second kappa shape index (κ2) is 8.09. The maximum absolute atomic E-state index is 5.52. The first-order valence-electron chi connectivity index (χ1n) is 7.02. The van der Waals surface area contributed by atoms with E-state index in [-0.39, 0.29) is 0 Å². The smallest absolute Gasteiger partial charge is 0.137 e. The molecular formula is C15H26N2O. The maximum Gasteiger partial charge on any atom is 0.137 e. The van der Waals surface area contributed by atoms with E-state index in [0.29, 0.717) is 18.6 Å². The average Bonchev–Trinajstić information content (AvgIpc) is 2.39. The fraction of sp³-hybridized carbons (Fsp3) is 0.667. The van der Waals surface area contributed by atoms with Crippen molar-refractivity contribution in [2.75, 3.05) is 13.2 Å². The van der Waals surface area contributed by atoms with Crippen molar-refractivity contribution >= 4 is 0 Å². The van der Waals surface area contributed by atoms with Gasteiger partial charge in [-0.05, 0) is 37.4 Å². The minimum absolute atomic E-state index is 0.373. The molecule has 0 saturated heterocycles. The summed E-state index contributed by atoms with van der Waals surface area (Å²) in [6, 6.07) is 2.48. The zero-order valence-electron chi connectivity index (χ0n) is 12.1. The molecule has 0 radical (unpaired) electrons. The van der Waals surface area contributed by atoms with E-state index in [4.69, 9.17) is 4.74 Å². The summed E-state index contributed by atoms with van der Waals surface area (Å²) in [6.45, 7) is 10.3. The predicted octanol–water partition coefficient (Wildman–Crippen LogP) is 3.57. The van der Waals surface area contributed by atoms with Crippen molar-refractivity contribution in [2.24, 2.45) is 5.92 Å². The molecule has 0 fully saturated rings. The first-order valence-corrected chi connectivity index (χ1v) is 7.02. The van der Waals surface area contributed by atoms with Crippen LogP contribution < -0.4 is 10.1 Å². The van der Waals surface area contributed by atoms with Crippen LogP contribution in [0.5, 0.6) is 5.75 Å². The highest BCUT2D eigenvalue weighted by molar-refractivity contribution is 5.26. The highest BCUT2D eigenvalue weighted by Crippen LogP contribution is 2.24. The van der Waals surface area contributed by atoms with Crippen LogP contribution >= 0.6 is 0 Å². The number of ether oxygens (including phenoxy) is 1. The van der Waals surface area contributed by atoms with Gasteiger partial charge in [-0.25, -0.2) is 0 Å². The number of nitrogens with zero attached hydrogens (tertiary/aromatic N) is 1. The number of aromatic nitrogens is 1. The van der Waals surface area contributed by atoms with Crippen LogP contribution in [0.25, 0.3) is 0 Å². The van der Waals surface area contributed by atoms with Crippen LogP contribution in [0.2, 0.25) is 0 Å². The van der Waals surface area contributed by atoms with Crippen LogP contribution in [0.4, 0.5) is 0 Å². The molecule has 1 aromatic rings. The van der Waals surface area contributed by atoms with Gasteiger partial charge in [0.2, 0.25) is 0 Å². The van der Waals surface area contributed by atoms with Crippen molar-refractivity contribution < 1.29 is 4.74 Å². The molecule has 1 N–H and O–H groups in total. The number of nitrogens with one attached hydrogen (secondary N) is 1. The van der Waals surface area contributed by atoms with Crippen LogP contribution in [-0.2, 0) is 0 Å². The van der Waals surface area contributed by atoms with Crippen LogP contribution in [0, 0.1) is 5.92 Å². The molecule has 102 valence electrons. The van der Waals surface area contributed by atoms with Crippen molar-refractivity contribution in [3.63, 3.8) is 0 Å². The molecule has 3 heteroatoms. The molecule has 0 aromatic carbocycles. The van der Waals surface area contributed by atoms with Crippen LogP contribution in [0.3, 0.4) is 0 Å². The van der Waals surface area contributed by atoms with Crippen molar-refractivity contribution in [3.8, 4) is 5.75 Å². The number of hydrogen-bond acceptors (Lipinski definition) is 3. The largest absolute Gasteiger partial charge is 0.492 e. The lowest BCUT2D eigenvalue weighted by molar-refractivity contribution is 0.336. The molecule has 1 rings (SSSR count). The Morgan fingerprint density at radius 3 is 2.67 bits per heavy atom. The Hall–Kier alpha value is -1.09. The van der Waals surface area contributed by atoms with Gasteiger partial charge in [0.05, 0.1) is 12.8 Å². The van der Waals surface area contributed by atoms with Gasteiger partial charge in [-0.2, -0.15) is 0 Å². The normalized spacial score (nSPS) is 14.2. The van der Waals surface area contributed by atoms with Gasteiger partial charge in [-0.3, -0.25) is 4.98 Å². The fourth-order valence-electron chi connectivity index (χ4n) is 2.02. The van der Waals surface area contributed by atoms with E-state index in [2.05, 4.69) is 37.1 Å². The molecule has 0 saturated carbocycles. The third kappa shape index (κ3) is 4.65. The summed E-state index contributed by atoms with van der Waals surface area (Å²) < 4.78 is 5.52. The van der Waals surface area contributed by atoms with Gasteiger partial charge in [-0.1, -0.05) is 27.2 Å². The summed E-state index contributed by atoms with van der Waals surface area (Å²) in [4.78, 5) is 4.27. The summed E-state index contributed by atoms with van der Waals surface area (Å²) in [7, 11) is 0. The summed E-state index contributed by atoms with van der Waals surface area (Å²) >= 11 is 0. The van der Waals surface area contributed by atoms with Crippen molar-refractivity contribution in [1.82, 2.24) is 10.3 Å². The molecule has 0 aliphatic rings. The molecule has 1 aromatic heterocycles. The van der Waals surface area contributed by atoms with E-state index in [1.54, 1.807) is 6.20 Å². The number of pyridine rings is 1. The van der Waals surface area contributed by atoms with Crippen molar-refractivity contribution in [3.05, 3.63) is 24.0 Å². The summed E-state index contributed by atoms with van der Waals surface area (Å²) in [6.07, 6.45) is 6.07. The molecule has 0 bridgehead atoms. The van der Waals surface area contributed by atoms with Crippen LogP contribution in [-0.4, -0.2) is 18.1 Å². The predicted molar refractivity (Wildman–Crippen MR) is 75.9 cm³/mol. The van der Waals surface area contributed by atoms with Gasteiger partial charge in [0.15, 0.2) is 0 Å². The molecule has 3 nitrogen and oxygen atoms in total. The molecule has 0 amide bonds. The molecule has 1 heterocycles. The van der Waals surface area contributed by atoms with Gasteiger partial charge >= 0.3 is 0 Å². The molecule has 2 unspecified atom stereocenters. The maximum atomic E-state index is 5.52. The molecule has 2 atom stereocenters. The van der Waals surface area contributed by atoms with E-state index in [9.17, 15) is 0 Å². The lowest BCUT2D eigenvalue weighted by atomic mass is 9.95. The monoisotopic (exact) mass is 250 g/mol. The Kier molecular flexibility index (Phi) is 6.73. The van der Waals surface area contributed by atoms with Gasteiger partial charge in [0, 0.05) is 12.2 Å². The van der Waals surface area contributed by atoms with Gasteiger partial charge in [-0.15, -0.1) is 0 Å². The number of rotatable bonds is 8. The lowest BCUT2D eigenvalue weighted by Gasteiger charge is -2.21. The second-order valence-electron chi connectivity index (χ2n) is 4.75. The average molecular weight is 250 g/mol. The topological polar surface area (TPSA) is 34.2 Å². The van der Waals surface area contributed by atoms with Gasteiger partial charge < -0.3 is 10.1 Å².